The second kappa shape index (κ2) is 10.8. The van der Waals surface area contributed by atoms with Gasteiger partial charge in [0.25, 0.3) is 0 Å². The molecule has 204 valence electrons. The van der Waals surface area contributed by atoms with Gasteiger partial charge in [-0.3, -0.25) is 4.79 Å². The van der Waals surface area contributed by atoms with E-state index in [4.69, 9.17) is 10.2 Å². The first-order valence-corrected chi connectivity index (χ1v) is 14.9. The largest absolute Gasteiger partial charge is 0.286 e. The second-order valence-electron chi connectivity index (χ2n) is 10.1. The van der Waals surface area contributed by atoms with E-state index >= 15 is 0 Å². The van der Waals surface area contributed by atoms with Gasteiger partial charge < -0.3 is 0 Å². The van der Waals surface area contributed by atoms with Crippen LogP contribution in [0.15, 0.2) is 150 Å². The summed E-state index contributed by atoms with van der Waals surface area (Å²) in [6, 6.07) is 46.5. The fourth-order valence-corrected chi connectivity index (χ4v) is 6.84. The average Bonchev–Trinajstić information content (AvgIpc) is 3.47. The third kappa shape index (κ3) is 4.32. The molecule has 2 aliphatic rings. The van der Waals surface area contributed by atoms with Crippen LogP contribution in [0, 0.1) is 0 Å². The van der Waals surface area contributed by atoms with Crippen LogP contribution in [0.5, 0.6) is 0 Å². The molecule has 1 atom stereocenters. The number of anilines is 2. The molecule has 0 saturated heterocycles. The summed E-state index contributed by atoms with van der Waals surface area (Å²) in [5.74, 6) is -0.117. The molecule has 0 bridgehead atoms. The van der Waals surface area contributed by atoms with E-state index in [0.717, 1.165) is 40.2 Å². The fraction of sp³-hybridized carbons (Fsp3) is 0.0833. The molecule has 5 aromatic rings. The molecule has 0 aromatic heterocycles. The number of rotatable bonds is 6. The molecular weight excluding hydrogens is 536 g/mol. The lowest BCUT2D eigenvalue weighted by atomic mass is 9.92. The van der Waals surface area contributed by atoms with Crippen molar-refractivity contribution in [2.45, 2.75) is 18.3 Å². The maximum atomic E-state index is 13.9. The first-order valence-electron chi connectivity index (χ1n) is 14.0. The van der Waals surface area contributed by atoms with E-state index in [1.165, 1.54) is 17.3 Å². The molecule has 1 spiro atoms. The number of thioether (sulfide) groups is 1. The smallest absolute Gasteiger partial charge is 0.234 e. The summed E-state index contributed by atoms with van der Waals surface area (Å²) in [5, 5.41) is 14.9. The Kier molecular flexibility index (Phi) is 6.68. The molecule has 42 heavy (non-hydrogen) atoms. The van der Waals surface area contributed by atoms with Crippen LogP contribution in [0.1, 0.15) is 39.5 Å². The molecule has 0 saturated carbocycles. The van der Waals surface area contributed by atoms with E-state index in [2.05, 4.69) is 55.5 Å². The van der Waals surface area contributed by atoms with Gasteiger partial charge in [-0.25, -0.2) is 10.0 Å². The highest BCUT2D eigenvalue weighted by Gasteiger charge is 2.56. The Labute approximate surface area is 249 Å². The number of aryl methyl sites for hydroxylation is 1. The lowest BCUT2D eigenvalue weighted by Crippen LogP contribution is -2.54. The van der Waals surface area contributed by atoms with Crippen LogP contribution in [-0.2, 0) is 11.4 Å². The average molecular weight is 565 g/mol. The molecule has 0 N–H and O–H groups in total. The van der Waals surface area contributed by atoms with E-state index in [0.29, 0.717) is 10.6 Å². The molecule has 6 heteroatoms. The van der Waals surface area contributed by atoms with Gasteiger partial charge in [-0.1, -0.05) is 122 Å². The number of nitrogens with zero attached hydrogens (tertiary/aromatic N) is 4. The highest BCUT2D eigenvalue weighted by Crippen LogP contribution is 2.55. The van der Waals surface area contributed by atoms with Crippen molar-refractivity contribution < 1.29 is 4.79 Å². The van der Waals surface area contributed by atoms with Crippen LogP contribution in [0.25, 0.3) is 0 Å². The molecule has 0 amide bonds. The van der Waals surface area contributed by atoms with Crippen molar-refractivity contribution in [3.8, 4) is 0 Å². The van der Waals surface area contributed by atoms with E-state index in [9.17, 15) is 4.79 Å². The summed E-state index contributed by atoms with van der Waals surface area (Å²) < 4.78 is 0. The summed E-state index contributed by atoms with van der Waals surface area (Å²) in [4.78, 5) is 12.9. The zero-order valence-electron chi connectivity index (χ0n) is 23.1. The maximum absolute atomic E-state index is 13.9. The maximum Gasteiger partial charge on any atom is 0.234 e. The van der Waals surface area contributed by atoms with Gasteiger partial charge in [0.15, 0.2) is 5.04 Å². The predicted octanol–water partition coefficient (Wildman–Crippen LogP) is 8.08. The number of benzene rings is 5. The summed E-state index contributed by atoms with van der Waals surface area (Å²) in [6.07, 6.45) is 0.973. The lowest BCUT2D eigenvalue weighted by Gasteiger charge is -2.47. The predicted molar refractivity (Wildman–Crippen MR) is 173 cm³/mol. The summed E-state index contributed by atoms with van der Waals surface area (Å²) in [6.45, 7) is 2.16. The third-order valence-electron chi connectivity index (χ3n) is 7.60. The quantitative estimate of drug-likeness (QED) is 0.196. The number of hydrogen-bond donors (Lipinski definition) is 0. The molecule has 0 aliphatic carbocycles. The molecule has 7 rings (SSSR count). The number of Topliss-reactive ketones (excluding diaryl/α,β-unsaturated/α-hetero) is 1. The van der Waals surface area contributed by atoms with Gasteiger partial charge in [0.05, 0.1) is 17.1 Å². The number of carbonyl (C=O) groups is 1. The summed E-state index contributed by atoms with van der Waals surface area (Å²) >= 11 is 1.43. The van der Waals surface area contributed by atoms with Crippen LogP contribution in [0.2, 0.25) is 0 Å². The minimum atomic E-state index is -0.994. The highest BCUT2D eigenvalue weighted by atomic mass is 32.2. The Bertz CT molecular complexity index is 1800. The zero-order valence-corrected chi connectivity index (χ0v) is 23.9. The van der Waals surface area contributed by atoms with Gasteiger partial charge in [-0.2, -0.15) is 10.2 Å². The van der Waals surface area contributed by atoms with Crippen molar-refractivity contribution in [2.24, 2.45) is 10.2 Å². The molecule has 5 nitrogen and oxygen atoms in total. The summed E-state index contributed by atoms with van der Waals surface area (Å²) in [5.41, 5.74) is 7.56. The zero-order chi connectivity index (χ0) is 28.5. The van der Waals surface area contributed by atoms with E-state index < -0.39 is 4.99 Å². The standard InChI is InChI=1S/C36H28N4OS/c1-2-26-22-24-27(25-23-26)33-31-20-12-13-21-32(31)36(39(37-33)29-16-8-4-9-17-29)40(30-18-10-5-11-19-30)38-35(42-36)34(41)28-14-6-3-7-15-28/h3-25H,2H2,1H3/t36-/m1/s1. The Morgan fingerprint density at radius 1 is 0.667 bits per heavy atom. The van der Waals surface area contributed by atoms with Crippen LogP contribution in [0.4, 0.5) is 11.4 Å². The van der Waals surface area contributed by atoms with Crippen LogP contribution in [0.3, 0.4) is 0 Å². The normalized spacial score (nSPS) is 17.5. The molecule has 0 fully saturated rings. The van der Waals surface area contributed by atoms with Crippen LogP contribution >= 0.6 is 11.8 Å². The monoisotopic (exact) mass is 564 g/mol. The Morgan fingerprint density at radius 2 is 1.21 bits per heavy atom. The van der Waals surface area contributed by atoms with E-state index in [-0.39, 0.29) is 5.78 Å². The fourth-order valence-electron chi connectivity index (χ4n) is 5.49. The van der Waals surface area contributed by atoms with Gasteiger partial charge in [0.1, 0.15) is 0 Å². The first kappa shape index (κ1) is 26.0. The topological polar surface area (TPSA) is 48.3 Å². The van der Waals surface area contributed by atoms with Crippen LogP contribution in [-0.4, -0.2) is 16.5 Å². The summed E-state index contributed by atoms with van der Waals surface area (Å²) in [7, 11) is 0. The van der Waals surface area contributed by atoms with Crippen molar-refractivity contribution >= 4 is 39.7 Å². The molecule has 2 aliphatic heterocycles. The number of carbonyl (C=O) groups excluding carboxylic acids is 1. The molecule has 5 aromatic carbocycles. The third-order valence-corrected chi connectivity index (χ3v) is 8.92. The van der Waals surface area contributed by atoms with E-state index in [1.54, 1.807) is 0 Å². The van der Waals surface area contributed by atoms with Gasteiger partial charge in [0, 0.05) is 22.3 Å². The molecule has 2 heterocycles. The number of hydrazone groups is 2. The van der Waals surface area contributed by atoms with Crippen molar-refractivity contribution in [3.63, 3.8) is 0 Å². The van der Waals surface area contributed by atoms with Gasteiger partial charge in [-0.05, 0) is 48.0 Å². The number of hydrogen-bond acceptors (Lipinski definition) is 6. The number of fused-ring (bicyclic) bond motifs is 2. The minimum absolute atomic E-state index is 0.117. The van der Waals surface area contributed by atoms with Gasteiger partial charge in [-0.15, -0.1) is 0 Å². The minimum Gasteiger partial charge on any atom is -0.286 e. The number of ketones is 1. The van der Waals surface area contributed by atoms with Crippen molar-refractivity contribution in [2.75, 3.05) is 10.0 Å². The molecular formula is C36H28N4OS. The lowest BCUT2D eigenvalue weighted by molar-refractivity contribution is 0.106. The van der Waals surface area contributed by atoms with E-state index in [1.807, 2.05) is 101 Å². The van der Waals surface area contributed by atoms with Crippen LogP contribution < -0.4 is 10.0 Å². The first-order chi connectivity index (χ1) is 20.7. The van der Waals surface area contributed by atoms with Gasteiger partial charge >= 0.3 is 0 Å². The second-order valence-corrected chi connectivity index (χ2v) is 11.3. The van der Waals surface area contributed by atoms with Crippen molar-refractivity contribution in [1.29, 1.82) is 0 Å². The van der Waals surface area contributed by atoms with Gasteiger partial charge in [0.2, 0.25) is 10.8 Å². The van der Waals surface area contributed by atoms with Crippen molar-refractivity contribution in [1.82, 2.24) is 0 Å². The molecule has 0 radical (unpaired) electrons. The Hall–Kier alpha value is -4.94. The highest BCUT2D eigenvalue weighted by molar-refractivity contribution is 8.17. The SMILES string of the molecule is CCc1ccc(C2=NN(c3ccccc3)[C@]3(SC(C(=O)c4ccccc4)=NN3c3ccccc3)c3ccccc32)cc1. The van der Waals surface area contributed by atoms with Crippen molar-refractivity contribution in [3.05, 3.63) is 167 Å². The Balaban J connectivity index is 1.48. The number of para-hydroxylation sites is 2. The Morgan fingerprint density at radius 3 is 1.83 bits per heavy atom. The molecule has 0 unspecified atom stereocenters.